The molecule has 0 unspecified atom stereocenters. The molecule has 8 heteroatoms. The smallest absolute Gasteiger partial charge is 0.374 e. The highest BCUT2D eigenvalue weighted by Gasteiger charge is 2.31. The molecule has 0 aromatic carbocycles. The topological polar surface area (TPSA) is 50.3 Å². The fourth-order valence-corrected chi connectivity index (χ4v) is 1.75. The van der Waals surface area contributed by atoms with E-state index >= 15 is 0 Å². The van der Waals surface area contributed by atoms with Crippen molar-refractivity contribution in [3.05, 3.63) is 11.9 Å². The van der Waals surface area contributed by atoms with E-state index in [0.29, 0.717) is 24.8 Å². The second-order valence-corrected chi connectivity index (χ2v) is 4.32. The zero-order valence-electron chi connectivity index (χ0n) is 12.5. The zero-order chi connectivity index (χ0) is 15.9. The van der Waals surface area contributed by atoms with Crippen LogP contribution in [0, 0.1) is 0 Å². The van der Waals surface area contributed by atoms with E-state index in [4.69, 9.17) is 4.74 Å². The van der Waals surface area contributed by atoms with E-state index in [9.17, 15) is 13.2 Å². The number of nitrogens with zero attached hydrogens (tertiary/aromatic N) is 3. The van der Waals surface area contributed by atoms with Crippen molar-refractivity contribution in [2.45, 2.75) is 33.6 Å². The third kappa shape index (κ3) is 6.16. The van der Waals surface area contributed by atoms with Gasteiger partial charge in [0.25, 0.3) is 0 Å². The number of anilines is 2. The summed E-state index contributed by atoms with van der Waals surface area (Å²) < 4.78 is 43.0. The first-order valence-corrected chi connectivity index (χ1v) is 6.90. The molecular formula is C13H21F3N4O. The molecular weight excluding hydrogens is 285 g/mol. The summed E-state index contributed by atoms with van der Waals surface area (Å²) >= 11 is 0. The molecule has 0 atom stereocenters. The number of hydrogen-bond acceptors (Lipinski definition) is 5. The number of hydrogen-bond donors (Lipinski definition) is 1. The Kier molecular flexibility index (Phi) is 6.67. The van der Waals surface area contributed by atoms with Gasteiger partial charge in [-0.05, 0) is 20.8 Å². The summed E-state index contributed by atoms with van der Waals surface area (Å²) in [5.74, 6) is 1.11. The third-order valence-corrected chi connectivity index (χ3v) is 2.63. The highest BCUT2D eigenvalue weighted by molar-refractivity contribution is 5.49. The molecule has 0 amide bonds. The van der Waals surface area contributed by atoms with Crippen LogP contribution >= 0.6 is 0 Å². The van der Waals surface area contributed by atoms with Crippen LogP contribution in [0.1, 0.15) is 26.6 Å². The normalized spacial score (nSPS) is 11.5. The zero-order valence-corrected chi connectivity index (χ0v) is 12.5. The van der Waals surface area contributed by atoms with Gasteiger partial charge in [0.2, 0.25) is 0 Å². The van der Waals surface area contributed by atoms with Crippen LogP contribution in [0.15, 0.2) is 6.07 Å². The highest BCUT2D eigenvalue weighted by Crippen LogP contribution is 2.22. The van der Waals surface area contributed by atoms with Gasteiger partial charge in [-0.15, -0.1) is 0 Å². The van der Waals surface area contributed by atoms with Gasteiger partial charge in [-0.1, -0.05) is 0 Å². The standard InChI is InChI=1S/C13H21F3N4O/c1-4-17-10-7-12(19-11(18-10)8-21-6-3)20(5-2)9-13(14,15)16/h7H,4-6,8-9H2,1-3H3,(H,17,18,19). The molecule has 1 N–H and O–H groups in total. The summed E-state index contributed by atoms with van der Waals surface area (Å²) in [4.78, 5) is 9.54. The molecule has 1 rings (SSSR count). The number of nitrogens with one attached hydrogen (secondary N) is 1. The molecule has 21 heavy (non-hydrogen) atoms. The van der Waals surface area contributed by atoms with E-state index in [1.54, 1.807) is 6.92 Å². The quantitative estimate of drug-likeness (QED) is 0.800. The maximum Gasteiger partial charge on any atom is 0.405 e. The predicted molar refractivity (Wildman–Crippen MR) is 75.5 cm³/mol. The molecule has 120 valence electrons. The number of rotatable bonds is 8. The Morgan fingerprint density at radius 2 is 1.95 bits per heavy atom. The van der Waals surface area contributed by atoms with Crippen molar-refractivity contribution in [2.75, 3.05) is 36.5 Å². The molecule has 0 saturated carbocycles. The fraction of sp³-hybridized carbons (Fsp3) is 0.692. The minimum absolute atomic E-state index is 0.173. The number of aromatic nitrogens is 2. The Balaban J connectivity index is 3.03. The SMILES string of the molecule is CCNc1cc(N(CC)CC(F)(F)F)nc(COCC)n1. The molecule has 0 aliphatic carbocycles. The monoisotopic (exact) mass is 306 g/mol. The van der Waals surface area contributed by atoms with E-state index in [2.05, 4.69) is 15.3 Å². The molecule has 0 saturated heterocycles. The molecule has 0 spiro atoms. The Morgan fingerprint density at radius 1 is 1.24 bits per heavy atom. The van der Waals surface area contributed by atoms with Crippen LogP contribution in [0.25, 0.3) is 0 Å². The van der Waals surface area contributed by atoms with Gasteiger partial charge in [-0.2, -0.15) is 13.2 Å². The minimum atomic E-state index is -4.28. The Bertz CT molecular complexity index is 440. The lowest BCUT2D eigenvalue weighted by Crippen LogP contribution is -2.35. The molecule has 0 fully saturated rings. The van der Waals surface area contributed by atoms with Crippen LogP contribution in [0.5, 0.6) is 0 Å². The maximum atomic E-state index is 12.6. The Morgan fingerprint density at radius 3 is 2.48 bits per heavy atom. The van der Waals surface area contributed by atoms with Gasteiger partial charge in [-0.25, -0.2) is 9.97 Å². The lowest BCUT2D eigenvalue weighted by molar-refractivity contribution is -0.119. The lowest BCUT2D eigenvalue weighted by Gasteiger charge is -2.24. The first kappa shape index (κ1) is 17.5. The highest BCUT2D eigenvalue weighted by atomic mass is 19.4. The minimum Gasteiger partial charge on any atom is -0.374 e. The Hall–Kier alpha value is -1.57. The van der Waals surface area contributed by atoms with Crippen molar-refractivity contribution in [3.8, 4) is 0 Å². The van der Waals surface area contributed by atoms with Crippen molar-refractivity contribution in [1.82, 2.24) is 9.97 Å². The van der Waals surface area contributed by atoms with Gasteiger partial charge in [0.05, 0.1) is 0 Å². The molecule has 1 aromatic rings. The van der Waals surface area contributed by atoms with Gasteiger partial charge in [-0.3, -0.25) is 0 Å². The summed E-state index contributed by atoms with van der Waals surface area (Å²) in [5.41, 5.74) is 0. The molecule has 5 nitrogen and oxygen atoms in total. The summed E-state index contributed by atoms with van der Waals surface area (Å²) in [7, 11) is 0. The fourth-order valence-electron chi connectivity index (χ4n) is 1.75. The Labute approximate surface area is 122 Å². The largest absolute Gasteiger partial charge is 0.405 e. The summed E-state index contributed by atoms with van der Waals surface area (Å²) in [6.45, 7) is 5.82. The number of halogens is 3. The molecule has 0 aliphatic rings. The molecule has 0 bridgehead atoms. The van der Waals surface area contributed by atoms with Gasteiger partial charge in [0.1, 0.15) is 24.8 Å². The first-order valence-electron chi connectivity index (χ1n) is 6.90. The van der Waals surface area contributed by atoms with Crippen LogP contribution < -0.4 is 10.2 Å². The van der Waals surface area contributed by atoms with Crippen molar-refractivity contribution < 1.29 is 17.9 Å². The van der Waals surface area contributed by atoms with Crippen LogP contribution in [-0.2, 0) is 11.3 Å². The molecule has 1 heterocycles. The van der Waals surface area contributed by atoms with Crippen LogP contribution in [0.4, 0.5) is 24.8 Å². The molecule has 0 aliphatic heterocycles. The number of alkyl halides is 3. The average Bonchev–Trinajstić information content (AvgIpc) is 2.41. The van der Waals surface area contributed by atoms with Gasteiger partial charge in [0, 0.05) is 25.8 Å². The van der Waals surface area contributed by atoms with E-state index in [-0.39, 0.29) is 19.0 Å². The van der Waals surface area contributed by atoms with Gasteiger partial charge < -0.3 is 15.0 Å². The van der Waals surface area contributed by atoms with Gasteiger partial charge in [0.15, 0.2) is 5.82 Å². The molecule has 1 aromatic heterocycles. The van der Waals surface area contributed by atoms with Crippen LogP contribution in [0.2, 0.25) is 0 Å². The lowest BCUT2D eigenvalue weighted by atomic mass is 10.4. The van der Waals surface area contributed by atoms with E-state index in [1.165, 1.54) is 6.07 Å². The van der Waals surface area contributed by atoms with Crippen molar-refractivity contribution in [1.29, 1.82) is 0 Å². The van der Waals surface area contributed by atoms with E-state index < -0.39 is 12.7 Å². The summed E-state index contributed by atoms with van der Waals surface area (Å²) in [6, 6.07) is 1.52. The number of ether oxygens (including phenoxy) is 1. The van der Waals surface area contributed by atoms with Crippen LogP contribution in [0.3, 0.4) is 0 Å². The third-order valence-electron chi connectivity index (χ3n) is 2.63. The van der Waals surface area contributed by atoms with Crippen molar-refractivity contribution >= 4 is 11.6 Å². The van der Waals surface area contributed by atoms with Crippen molar-refractivity contribution in [2.24, 2.45) is 0 Å². The van der Waals surface area contributed by atoms with Crippen LogP contribution in [-0.4, -0.2) is 42.4 Å². The average molecular weight is 306 g/mol. The summed E-state index contributed by atoms with van der Waals surface area (Å²) in [5, 5.41) is 2.99. The second kappa shape index (κ2) is 8.02. The second-order valence-electron chi connectivity index (χ2n) is 4.32. The van der Waals surface area contributed by atoms with Gasteiger partial charge >= 0.3 is 6.18 Å². The van der Waals surface area contributed by atoms with E-state index in [0.717, 1.165) is 4.90 Å². The first-order chi connectivity index (χ1) is 9.89. The summed E-state index contributed by atoms with van der Waals surface area (Å²) in [6.07, 6.45) is -4.28. The van der Waals surface area contributed by atoms with E-state index in [1.807, 2.05) is 13.8 Å². The maximum absolute atomic E-state index is 12.6. The van der Waals surface area contributed by atoms with Crippen molar-refractivity contribution in [3.63, 3.8) is 0 Å². The predicted octanol–water partition coefficient (Wildman–Crippen LogP) is 2.83. The molecule has 0 radical (unpaired) electrons.